The third kappa shape index (κ3) is 2.58. The first-order chi connectivity index (χ1) is 8.08. The first-order valence-electron chi connectivity index (χ1n) is 5.92. The van der Waals surface area contributed by atoms with E-state index in [1.54, 1.807) is 6.07 Å². The van der Waals surface area contributed by atoms with E-state index in [9.17, 15) is 9.90 Å². The second-order valence-corrected chi connectivity index (χ2v) is 4.67. The number of nitrogens with two attached hydrogens (primary N) is 1. The fourth-order valence-corrected chi connectivity index (χ4v) is 2.31. The van der Waals surface area contributed by atoms with Crippen molar-refractivity contribution in [3.05, 3.63) is 29.3 Å². The van der Waals surface area contributed by atoms with Gasteiger partial charge in [0.25, 0.3) is 0 Å². The molecule has 1 aromatic carbocycles. The fraction of sp³-hybridized carbons (Fsp3) is 0.462. The van der Waals surface area contributed by atoms with Crippen LogP contribution in [0.3, 0.4) is 0 Å². The molecule has 2 rings (SSSR count). The lowest BCUT2D eigenvalue weighted by Gasteiger charge is -2.33. The van der Waals surface area contributed by atoms with Gasteiger partial charge >= 0.3 is 5.97 Å². The molecule has 1 aliphatic rings. The molecule has 1 fully saturated rings. The van der Waals surface area contributed by atoms with Crippen molar-refractivity contribution in [1.82, 2.24) is 0 Å². The summed E-state index contributed by atoms with van der Waals surface area (Å²) in [5.41, 5.74) is 8.18. The first-order valence-corrected chi connectivity index (χ1v) is 5.92. The molecule has 0 saturated carbocycles. The molecule has 1 heterocycles. The summed E-state index contributed by atoms with van der Waals surface area (Å²) >= 11 is 0. The van der Waals surface area contributed by atoms with Crippen LogP contribution in [0, 0.1) is 6.92 Å². The Balaban J connectivity index is 2.35. The van der Waals surface area contributed by atoms with E-state index in [0.29, 0.717) is 5.56 Å². The van der Waals surface area contributed by atoms with E-state index in [1.165, 1.54) is 0 Å². The van der Waals surface area contributed by atoms with Crippen LogP contribution in [-0.2, 0) is 0 Å². The van der Waals surface area contributed by atoms with Gasteiger partial charge in [-0.2, -0.15) is 0 Å². The highest BCUT2D eigenvalue weighted by molar-refractivity contribution is 5.94. The fourth-order valence-electron chi connectivity index (χ4n) is 2.31. The minimum Gasteiger partial charge on any atom is -0.478 e. The molecule has 1 aromatic rings. The molecule has 1 saturated heterocycles. The molecule has 0 aliphatic carbocycles. The van der Waals surface area contributed by atoms with Gasteiger partial charge in [0.05, 0.1) is 11.3 Å². The van der Waals surface area contributed by atoms with Gasteiger partial charge < -0.3 is 15.7 Å². The van der Waals surface area contributed by atoms with E-state index in [2.05, 4.69) is 4.90 Å². The van der Waals surface area contributed by atoms with Crippen molar-refractivity contribution >= 4 is 11.7 Å². The number of carboxylic acids is 1. The average molecular weight is 234 g/mol. The van der Waals surface area contributed by atoms with Gasteiger partial charge in [0, 0.05) is 19.1 Å². The molecule has 1 aliphatic heterocycles. The summed E-state index contributed by atoms with van der Waals surface area (Å²) in [5.74, 6) is -0.876. The summed E-state index contributed by atoms with van der Waals surface area (Å²) in [6.07, 6.45) is 2.04. The van der Waals surface area contributed by atoms with E-state index in [0.717, 1.165) is 37.2 Å². The molecule has 0 spiro atoms. The van der Waals surface area contributed by atoms with Gasteiger partial charge in [-0.25, -0.2) is 4.79 Å². The summed E-state index contributed by atoms with van der Waals surface area (Å²) in [7, 11) is 0. The lowest BCUT2D eigenvalue weighted by atomic mass is 10.0. The summed E-state index contributed by atoms with van der Waals surface area (Å²) in [6, 6.07) is 5.58. The zero-order valence-corrected chi connectivity index (χ0v) is 10.0. The van der Waals surface area contributed by atoms with E-state index in [-0.39, 0.29) is 6.04 Å². The zero-order valence-electron chi connectivity index (χ0n) is 10.0. The molecule has 4 heteroatoms. The van der Waals surface area contributed by atoms with Gasteiger partial charge in [-0.1, -0.05) is 6.07 Å². The van der Waals surface area contributed by atoms with Crippen molar-refractivity contribution in [2.45, 2.75) is 25.8 Å². The number of rotatable bonds is 2. The SMILES string of the molecule is Cc1ccc(C(=O)O)c(N2CCCC(N)C2)c1. The number of hydrogen-bond donors (Lipinski definition) is 2. The number of nitrogens with zero attached hydrogens (tertiary/aromatic N) is 1. The second kappa shape index (κ2) is 4.75. The minimum absolute atomic E-state index is 0.144. The standard InChI is InChI=1S/C13H18N2O2/c1-9-4-5-11(13(16)17)12(7-9)15-6-2-3-10(14)8-15/h4-5,7,10H,2-3,6,8,14H2,1H3,(H,16,17). The molecular formula is C13H18N2O2. The van der Waals surface area contributed by atoms with Crippen LogP contribution in [0.4, 0.5) is 5.69 Å². The number of hydrogen-bond acceptors (Lipinski definition) is 3. The highest BCUT2D eigenvalue weighted by Crippen LogP contribution is 2.25. The van der Waals surface area contributed by atoms with Crippen LogP contribution in [0.2, 0.25) is 0 Å². The monoisotopic (exact) mass is 234 g/mol. The van der Waals surface area contributed by atoms with Crippen LogP contribution in [0.5, 0.6) is 0 Å². The van der Waals surface area contributed by atoms with Gasteiger partial charge in [-0.3, -0.25) is 0 Å². The molecule has 0 radical (unpaired) electrons. The Kier molecular flexibility index (Phi) is 3.33. The molecule has 3 N–H and O–H groups in total. The molecule has 17 heavy (non-hydrogen) atoms. The first kappa shape index (κ1) is 11.9. The van der Waals surface area contributed by atoms with Gasteiger partial charge in [0.2, 0.25) is 0 Å². The third-order valence-electron chi connectivity index (χ3n) is 3.18. The number of carbonyl (C=O) groups is 1. The number of aryl methyl sites for hydroxylation is 1. The number of piperidine rings is 1. The smallest absolute Gasteiger partial charge is 0.337 e. The van der Waals surface area contributed by atoms with Crippen LogP contribution in [-0.4, -0.2) is 30.2 Å². The van der Waals surface area contributed by atoms with Gasteiger partial charge in [-0.15, -0.1) is 0 Å². The Morgan fingerprint density at radius 1 is 1.53 bits per heavy atom. The lowest BCUT2D eigenvalue weighted by molar-refractivity contribution is 0.0697. The third-order valence-corrected chi connectivity index (χ3v) is 3.18. The van der Waals surface area contributed by atoms with Crippen LogP contribution in [0.25, 0.3) is 0 Å². The molecule has 1 unspecified atom stereocenters. The van der Waals surface area contributed by atoms with Crippen molar-refractivity contribution in [2.75, 3.05) is 18.0 Å². The number of aromatic carboxylic acids is 1. The predicted octanol–water partition coefficient (Wildman–Crippen LogP) is 1.62. The largest absolute Gasteiger partial charge is 0.478 e. The zero-order chi connectivity index (χ0) is 12.4. The van der Waals surface area contributed by atoms with E-state index < -0.39 is 5.97 Å². The molecule has 0 bridgehead atoms. The molecule has 0 aromatic heterocycles. The average Bonchev–Trinajstić information content (AvgIpc) is 2.28. The maximum atomic E-state index is 11.2. The topological polar surface area (TPSA) is 66.6 Å². The normalized spacial score (nSPS) is 20.4. The lowest BCUT2D eigenvalue weighted by Crippen LogP contribution is -2.43. The van der Waals surface area contributed by atoms with Gasteiger partial charge in [0.15, 0.2) is 0 Å². The second-order valence-electron chi connectivity index (χ2n) is 4.67. The summed E-state index contributed by atoms with van der Waals surface area (Å²) < 4.78 is 0. The Morgan fingerprint density at radius 2 is 2.29 bits per heavy atom. The Labute approximate surface area is 101 Å². The summed E-state index contributed by atoms with van der Waals surface area (Å²) in [4.78, 5) is 13.3. The summed E-state index contributed by atoms with van der Waals surface area (Å²) in [6.45, 7) is 3.60. The Morgan fingerprint density at radius 3 is 2.94 bits per heavy atom. The number of carboxylic acid groups (broad SMARTS) is 1. The Hall–Kier alpha value is -1.55. The van der Waals surface area contributed by atoms with Crippen molar-refractivity contribution in [1.29, 1.82) is 0 Å². The van der Waals surface area contributed by atoms with Crippen molar-refractivity contribution < 1.29 is 9.90 Å². The van der Waals surface area contributed by atoms with E-state index in [1.807, 2.05) is 19.1 Å². The molecule has 1 atom stereocenters. The number of anilines is 1. The highest BCUT2D eigenvalue weighted by Gasteiger charge is 2.21. The van der Waals surface area contributed by atoms with Crippen LogP contribution >= 0.6 is 0 Å². The number of benzene rings is 1. The molecular weight excluding hydrogens is 216 g/mol. The van der Waals surface area contributed by atoms with Crippen molar-refractivity contribution in [2.24, 2.45) is 5.73 Å². The van der Waals surface area contributed by atoms with Crippen LogP contribution in [0.15, 0.2) is 18.2 Å². The van der Waals surface area contributed by atoms with Crippen molar-refractivity contribution in [3.63, 3.8) is 0 Å². The van der Waals surface area contributed by atoms with Gasteiger partial charge in [-0.05, 0) is 37.5 Å². The van der Waals surface area contributed by atoms with Crippen LogP contribution in [0.1, 0.15) is 28.8 Å². The highest BCUT2D eigenvalue weighted by atomic mass is 16.4. The molecule has 0 amide bonds. The maximum absolute atomic E-state index is 11.2. The van der Waals surface area contributed by atoms with Crippen molar-refractivity contribution in [3.8, 4) is 0 Å². The Bertz CT molecular complexity index is 431. The van der Waals surface area contributed by atoms with E-state index in [4.69, 9.17) is 5.73 Å². The van der Waals surface area contributed by atoms with Gasteiger partial charge in [0.1, 0.15) is 0 Å². The quantitative estimate of drug-likeness (QED) is 0.816. The molecule has 92 valence electrons. The van der Waals surface area contributed by atoms with Crippen LogP contribution < -0.4 is 10.6 Å². The minimum atomic E-state index is -0.876. The predicted molar refractivity (Wildman–Crippen MR) is 67.6 cm³/mol. The summed E-state index contributed by atoms with van der Waals surface area (Å²) in [5, 5.41) is 9.20. The molecule has 4 nitrogen and oxygen atoms in total. The maximum Gasteiger partial charge on any atom is 0.337 e. The van der Waals surface area contributed by atoms with E-state index >= 15 is 0 Å².